The smallest absolute Gasteiger partial charge is 0.342 e. The summed E-state index contributed by atoms with van der Waals surface area (Å²) >= 11 is 0. The molecule has 0 aromatic rings. The van der Waals surface area contributed by atoms with Crippen LogP contribution in [0.5, 0.6) is 0 Å². The Morgan fingerprint density at radius 1 is 1.44 bits per heavy atom. The molecule has 142 valence electrons. The lowest BCUT2D eigenvalue weighted by molar-refractivity contribution is -0.877. The first-order valence-electron chi connectivity index (χ1n) is 8.54. The minimum atomic E-state index is -2.00. The Morgan fingerprint density at radius 2 is 2.08 bits per heavy atom. The summed E-state index contributed by atoms with van der Waals surface area (Å²) in [7, 11) is 0. The Hall–Kier alpha value is -1.48. The van der Waals surface area contributed by atoms with Crippen molar-refractivity contribution in [2.45, 2.75) is 58.0 Å². The van der Waals surface area contributed by atoms with Crippen LogP contribution in [0.3, 0.4) is 0 Å². The molecule has 8 nitrogen and oxygen atoms in total. The van der Waals surface area contributed by atoms with Crippen LogP contribution >= 0.6 is 0 Å². The molecule has 1 saturated heterocycles. The number of rotatable bonds is 6. The first-order chi connectivity index (χ1) is 11.5. The molecule has 0 radical (unpaired) electrons. The highest BCUT2D eigenvalue weighted by Crippen LogP contribution is 2.36. The third-order valence-electron chi connectivity index (χ3n) is 5.26. The van der Waals surface area contributed by atoms with E-state index in [1.165, 1.54) is 13.8 Å². The van der Waals surface area contributed by atoms with E-state index < -0.39 is 46.4 Å². The Balaban J connectivity index is 2.06. The van der Waals surface area contributed by atoms with Gasteiger partial charge in [-0.05, 0) is 18.9 Å². The van der Waals surface area contributed by atoms with Crippen LogP contribution in [-0.4, -0.2) is 70.3 Å². The van der Waals surface area contributed by atoms with E-state index in [1.807, 2.05) is 0 Å². The number of nitrogens with zero attached hydrogens (tertiary/aromatic N) is 1. The van der Waals surface area contributed by atoms with Gasteiger partial charge in [0.05, 0.1) is 13.1 Å². The second kappa shape index (κ2) is 7.03. The second-order valence-electron chi connectivity index (χ2n) is 7.25. The zero-order valence-corrected chi connectivity index (χ0v) is 15.1. The number of hydroxylamine groups is 3. The first-order valence-corrected chi connectivity index (χ1v) is 8.54. The fraction of sp³-hybridized carbons (Fsp3) is 0.765. The topological polar surface area (TPSA) is 116 Å². The van der Waals surface area contributed by atoms with Crippen molar-refractivity contribution in [2.24, 2.45) is 5.92 Å². The van der Waals surface area contributed by atoms with E-state index in [4.69, 9.17) is 9.47 Å². The second-order valence-corrected chi connectivity index (χ2v) is 7.25. The fourth-order valence-electron chi connectivity index (χ4n) is 3.73. The Bertz CT molecular complexity index is 575. The molecule has 2 aliphatic heterocycles. The highest BCUT2D eigenvalue weighted by Gasteiger charge is 2.50. The largest absolute Gasteiger partial charge is 0.632 e. The zero-order chi connectivity index (χ0) is 19.0. The van der Waals surface area contributed by atoms with Gasteiger partial charge in [0.25, 0.3) is 0 Å². The molecule has 1 fully saturated rings. The van der Waals surface area contributed by atoms with Crippen LogP contribution in [-0.2, 0) is 19.1 Å². The standard InChI is InChI=1S/C17H27NO7/c1-10(2)17(22,11(3)25-12(4)19)16(21)24-9-13-5-7-18(23)8-6-14(20)15(13)18/h5,10-11,14-15,20,22H,6-9H2,1-4H3. The van der Waals surface area contributed by atoms with Crippen LogP contribution in [0, 0.1) is 11.1 Å². The molecule has 2 heterocycles. The molecule has 5 atom stereocenters. The van der Waals surface area contributed by atoms with E-state index in [1.54, 1.807) is 19.9 Å². The number of hydrogen-bond donors (Lipinski definition) is 2. The van der Waals surface area contributed by atoms with Crippen LogP contribution in [0.2, 0.25) is 0 Å². The number of hydrogen-bond acceptors (Lipinski definition) is 7. The van der Waals surface area contributed by atoms with Gasteiger partial charge in [0.1, 0.15) is 24.9 Å². The number of esters is 2. The van der Waals surface area contributed by atoms with E-state index in [2.05, 4.69) is 0 Å². The third kappa shape index (κ3) is 3.57. The van der Waals surface area contributed by atoms with Gasteiger partial charge in [0, 0.05) is 18.9 Å². The van der Waals surface area contributed by atoms with E-state index >= 15 is 0 Å². The molecule has 0 saturated carbocycles. The molecule has 25 heavy (non-hydrogen) atoms. The van der Waals surface area contributed by atoms with E-state index in [0.717, 1.165) is 0 Å². The Labute approximate surface area is 147 Å². The molecule has 2 rings (SSSR count). The molecule has 5 unspecified atom stereocenters. The van der Waals surface area contributed by atoms with Crippen LogP contribution in [0.15, 0.2) is 11.6 Å². The van der Waals surface area contributed by atoms with Gasteiger partial charge in [-0.1, -0.05) is 13.8 Å². The lowest BCUT2D eigenvalue weighted by Crippen LogP contribution is -2.55. The fourth-order valence-corrected chi connectivity index (χ4v) is 3.73. The summed E-state index contributed by atoms with van der Waals surface area (Å²) in [5.74, 6) is -2.08. The molecular weight excluding hydrogens is 330 g/mol. The molecular formula is C17H27NO7. The van der Waals surface area contributed by atoms with Crippen molar-refractivity contribution >= 4 is 11.9 Å². The average Bonchev–Trinajstić information content (AvgIpc) is 2.99. The van der Waals surface area contributed by atoms with Gasteiger partial charge in [0.15, 0.2) is 0 Å². The molecule has 2 N–H and O–H groups in total. The van der Waals surface area contributed by atoms with Crippen molar-refractivity contribution in [3.05, 3.63) is 16.9 Å². The van der Waals surface area contributed by atoms with Crippen molar-refractivity contribution in [1.29, 1.82) is 0 Å². The summed E-state index contributed by atoms with van der Waals surface area (Å²) in [6.07, 6.45) is 0.270. The predicted octanol–water partition coefficient (Wildman–Crippen LogP) is 0.256. The minimum absolute atomic E-state index is 0.176. The van der Waals surface area contributed by atoms with Gasteiger partial charge in [-0.3, -0.25) is 4.79 Å². The van der Waals surface area contributed by atoms with E-state index in [0.29, 0.717) is 18.5 Å². The summed E-state index contributed by atoms with van der Waals surface area (Å²) in [4.78, 5) is 23.7. The summed E-state index contributed by atoms with van der Waals surface area (Å²) in [5, 5.41) is 33.3. The third-order valence-corrected chi connectivity index (χ3v) is 5.26. The maximum atomic E-state index is 12.5. The molecule has 2 aliphatic rings. The van der Waals surface area contributed by atoms with Gasteiger partial charge in [-0.25, -0.2) is 4.79 Å². The maximum absolute atomic E-state index is 12.5. The van der Waals surface area contributed by atoms with E-state index in [-0.39, 0.29) is 13.2 Å². The van der Waals surface area contributed by atoms with E-state index in [9.17, 15) is 25.0 Å². The summed E-state index contributed by atoms with van der Waals surface area (Å²) in [6.45, 7) is 6.26. The first kappa shape index (κ1) is 19.8. The van der Waals surface area contributed by atoms with Gasteiger partial charge in [-0.2, -0.15) is 0 Å². The number of carbonyl (C=O) groups is 2. The lowest BCUT2D eigenvalue weighted by atomic mass is 9.85. The Morgan fingerprint density at radius 3 is 2.64 bits per heavy atom. The number of quaternary nitrogens is 1. The van der Waals surface area contributed by atoms with Crippen molar-refractivity contribution in [1.82, 2.24) is 0 Å². The quantitative estimate of drug-likeness (QED) is 0.303. The van der Waals surface area contributed by atoms with Gasteiger partial charge >= 0.3 is 11.9 Å². The molecule has 0 aromatic carbocycles. The number of aliphatic hydroxyl groups excluding tert-OH is 1. The normalized spacial score (nSPS) is 31.9. The van der Waals surface area contributed by atoms with Crippen molar-refractivity contribution in [3.8, 4) is 0 Å². The van der Waals surface area contributed by atoms with Gasteiger partial charge in [-0.15, -0.1) is 0 Å². The molecule has 0 aliphatic carbocycles. The van der Waals surface area contributed by atoms with Crippen LogP contribution < -0.4 is 0 Å². The SMILES string of the molecule is CC(=O)OC(C)C(O)(C(=O)OCC1=CC[N+]2([O-])CCC(O)C12)C(C)C. The van der Waals surface area contributed by atoms with Crippen LogP contribution in [0.1, 0.15) is 34.1 Å². The van der Waals surface area contributed by atoms with Crippen molar-refractivity contribution < 1.29 is 33.9 Å². The molecule has 0 aromatic heterocycles. The highest BCUT2D eigenvalue weighted by molar-refractivity contribution is 5.81. The zero-order valence-electron chi connectivity index (χ0n) is 15.1. The highest BCUT2D eigenvalue weighted by atomic mass is 16.6. The minimum Gasteiger partial charge on any atom is -0.632 e. The molecule has 0 amide bonds. The number of ether oxygens (including phenoxy) is 2. The van der Waals surface area contributed by atoms with Crippen molar-refractivity contribution in [2.75, 3.05) is 19.7 Å². The molecule has 8 heteroatoms. The monoisotopic (exact) mass is 357 g/mol. The van der Waals surface area contributed by atoms with Crippen LogP contribution in [0.25, 0.3) is 0 Å². The lowest BCUT2D eigenvalue weighted by Gasteiger charge is -2.40. The number of carbonyl (C=O) groups excluding carboxylic acids is 2. The Kier molecular flexibility index (Phi) is 5.58. The van der Waals surface area contributed by atoms with Gasteiger partial charge in [0.2, 0.25) is 5.60 Å². The van der Waals surface area contributed by atoms with Gasteiger partial charge < -0.3 is 29.5 Å². The molecule has 0 bridgehead atoms. The summed E-state index contributed by atoms with van der Waals surface area (Å²) < 4.78 is 9.70. The van der Waals surface area contributed by atoms with Crippen molar-refractivity contribution in [3.63, 3.8) is 0 Å². The van der Waals surface area contributed by atoms with Crippen LogP contribution in [0.4, 0.5) is 0 Å². The predicted molar refractivity (Wildman–Crippen MR) is 87.8 cm³/mol. The average molecular weight is 357 g/mol. The number of aliphatic hydroxyl groups is 2. The maximum Gasteiger partial charge on any atom is 0.342 e. The molecule has 0 spiro atoms. The number of fused-ring (bicyclic) bond motifs is 1. The summed E-state index contributed by atoms with van der Waals surface area (Å²) in [5.41, 5.74) is -1.43. The summed E-state index contributed by atoms with van der Waals surface area (Å²) in [6, 6.07) is -0.620.